The average Bonchev–Trinajstić information content (AvgIpc) is 3.23. The minimum atomic E-state index is -0.223. The van der Waals surface area contributed by atoms with Crippen LogP contribution in [0.15, 0.2) is 30.6 Å². The van der Waals surface area contributed by atoms with Gasteiger partial charge in [0.25, 0.3) is 0 Å². The molecular weight excluding hydrogens is 293 g/mol. The maximum absolute atomic E-state index is 12.7. The van der Waals surface area contributed by atoms with E-state index in [-0.39, 0.29) is 5.82 Å². The molecule has 1 N–H and O–H groups in total. The molecule has 6 heteroatoms. The minimum absolute atomic E-state index is 0.223. The number of anilines is 1. The molecular formula is C15H15ClFN3O. The van der Waals surface area contributed by atoms with Crippen LogP contribution in [0.25, 0.3) is 0 Å². The number of halogens is 2. The van der Waals surface area contributed by atoms with Gasteiger partial charge in [0.2, 0.25) is 6.41 Å². The molecule has 110 valence electrons. The van der Waals surface area contributed by atoms with Crippen molar-refractivity contribution in [3.63, 3.8) is 0 Å². The molecule has 21 heavy (non-hydrogen) atoms. The number of aryl methyl sites for hydroxylation is 1. The summed E-state index contributed by atoms with van der Waals surface area (Å²) < 4.78 is 12.7. The Hall–Kier alpha value is -2.01. The fraction of sp³-hybridized carbons (Fsp3) is 0.267. The van der Waals surface area contributed by atoms with Crippen molar-refractivity contribution in [3.8, 4) is 0 Å². The largest absolute Gasteiger partial charge is 0.313 e. The Labute approximate surface area is 127 Å². The third-order valence-corrected chi connectivity index (χ3v) is 3.16. The molecule has 0 spiro atoms. The fourth-order valence-electron chi connectivity index (χ4n) is 1.82. The summed E-state index contributed by atoms with van der Waals surface area (Å²) in [6, 6.07) is 6.45. The van der Waals surface area contributed by atoms with E-state index in [4.69, 9.17) is 11.6 Å². The number of nitrogens with one attached hydrogen (secondary N) is 1. The second-order valence-electron chi connectivity index (χ2n) is 4.78. The standard InChI is InChI=1S/C9H8ClF.C6H7N3O/c10-8-3-7(6-1-2-6)4-9(11)5-8;1-5-2-6(9-4-10)8-3-7-5/h3-6H,1-2H2;2-4H,1H3,(H,7,8,9,10). The van der Waals surface area contributed by atoms with Crippen molar-refractivity contribution in [2.75, 3.05) is 5.32 Å². The molecule has 1 saturated carbocycles. The Morgan fingerprint density at radius 1 is 1.29 bits per heavy atom. The smallest absolute Gasteiger partial charge is 0.212 e. The highest BCUT2D eigenvalue weighted by atomic mass is 35.5. The second-order valence-corrected chi connectivity index (χ2v) is 5.22. The van der Waals surface area contributed by atoms with Crippen LogP contribution in [-0.2, 0) is 4.79 Å². The highest BCUT2D eigenvalue weighted by molar-refractivity contribution is 6.30. The Balaban J connectivity index is 0.000000155. The van der Waals surface area contributed by atoms with Crippen LogP contribution in [0.2, 0.25) is 5.02 Å². The van der Waals surface area contributed by atoms with Crippen LogP contribution in [0.3, 0.4) is 0 Å². The van der Waals surface area contributed by atoms with Crippen molar-refractivity contribution < 1.29 is 9.18 Å². The number of amides is 1. The van der Waals surface area contributed by atoms with Gasteiger partial charge in [-0.15, -0.1) is 0 Å². The second kappa shape index (κ2) is 7.13. The van der Waals surface area contributed by atoms with Crippen molar-refractivity contribution in [2.24, 2.45) is 0 Å². The van der Waals surface area contributed by atoms with Crippen molar-refractivity contribution in [3.05, 3.63) is 52.7 Å². The van der Waals surface area contributed by atoms with E-state index in [0.717, 1.165) is 11.3 Å². The van der Waals surface area contributed by atoms with Gasteiger partial charge in [-0.05, 0) is 49.4 Å². The average molecular weight is 308 g/mol. The third kappa shape index (κ3) is 5.11. The third-order valence-electron chi connectivity index (χ3n) is 2.94. The van der Waals surface area contributed by atoms with Crippen molar-refractivity contribution in [1.82, 2.24) is 9.97 Å². The first kappa shape index (κ1) is 15.4. The summed E-state index contributed by atoms with van der Waals surface area (Å²) in [7, 11) is 0. The number of nitrogens with zero attached hydrogens (tertiary/aromatic N) is 2. The number of carbonyl (C=O) groups is 1. The maximum Gasteiger partial charge on any atom is 0.212 e. The quantitative estimate of drug-likeness (QED) is 0.879. The molecule has 0 aliphatic heterocycles. The molecule has 4 nitrogen and oxygen atoms in total. The summed E-state index contributed by atoms with van der Waals surface area (Å²) in [5.74, 6) is 0.880. The van der Waals surface area contributed by atoms with E-state index in [2.05, 4.69) is 15.3 Å². The van der Waals surface area contributed by atoms with Gasteiger partial charge in [-0.1, -0.05) is 11.6 Å². The molecule has 1 aromatic heterocycles. The van der Waals surface area contributed by atoms with Gasteiger partial charge in [-0.25, -0.2) is 14.4 Å². The van der Waals surface area contributed by atoms with Crippen LogP contribution in [0.4, 0.5) is 10.2 Å². The first-order valence-corrected chi connectivity index (χ1v) is 6.91. The van der Waals surface area contributed by atoms with Gasteiger partial charge in [-0.2, -0.15) is 0 Å². The summed E-state index contributed by atoms with van der Waals surface area (Å²) in [6.45, 7) is 1.83. The Morgan fingerprint density at radius 3 is 2.62 bits per heavy atom. The number of aromatic nitrogens is 2. The summed E-state index contributed by atoms with van der Waals surface area (Å²) in [4.78, 5) is 17.5. The number of rotatable bonds is 3. The van der Waals surface area contributed by atoms with Crippen molar-refractivity contribution >= 4 is 23.8 Å². The van der Waals surface area contributed by atoms with Crippen molar-refractivity contribution in [2.45, 2.75) is 25.7 Å². The highest BCUT2D eigenvalue weighted by Gasteiger charge is 2.23. The molecule has 1 heterocycles. The molecule has 1 fully saturated rings. The number of benzene rings is 1. The van der Waals surface area contributed by atoms with Crippen LogP contribution in [0.1, 0.15) is 30.0 Å². The normalized spacial score (nSPS) is 13.1. The van der Waals surface area contributed by atoms with Gasteiger partial charge in [0.05, 0.1) is 0 Å². The van der Waals surface area contributed by atoms with Crippen LogP contribution in [-0.4, -0.2) is 16.4 Å². The monoisotopic (exact) mass is 307 g/mol. The molecule has 0 atom stereocenters. The topological polar surface area (TPSA) is 54.9 Å². The highest BCUT2D eigenvalue weighted by Crippen LogP contribution is 2.40. The zero-order chi connectivity index (χ0) is 15.2. The van der Waals surface area contributed by atoms with Crippen LogP contribution < -0.4 is 5.32 Å². The lowest BCUT2D eigenvalue weighted by molar-refractivity contribution is -0.105. The maximum atomic E-state index is 12.7. The van der Waals surface area contributed by atoms with Gasteiger partial charge < -0.3 is 5.32 Å². The van der Waals surface area contributed by atoms with Crippen LogP contribution in [0.5, 0.6) is 0 Å². The molecule has 3 rings (SSSR count). The fourth-order valence-corrected chi connectivity index (χ4v) is 2.05. The lowest BCUT2D eigenvalue weighted by atomic mass is 10.1. The van der Waals surface area contributed by atoms with Gasteiger partial charge >= 0.3 is 0 Å². The van der Waals surface area contributed by atoms with E-state index in [1.54, 1.807) is 12.1 Å². The molecule has 2 aromatic rings. The van der Waals surface area contributed by atoms with Gasteiger partial charge in [0.15, 0.2) is 0 Å². The zero-order valence-corrected chi connectivity index (χ0v) is 12.3. The summed E-state index contributed by atoms with van der Waals surface area (Å²) in [5.41, 5.74) is 1.88. The Bertz CT molecular complexity index is 612. The van der Waals surface area contributed by atoms with Gasteiger partial charge in [0.1, 0.15) is 18.0 Å². The van der Waals surface area contributed by atoms with E-state index in [0.29, 0.717) is 23.2 Å². The zero-order valence-electron chi connectivity index (χ0n) is 11.5. The minimum Gasteiger partial charge on any atom is -0.313 e. The molecule has 1 aliphatic rings. The number of carbonyl (C=O) groups excluding carboxylic acids is 1. The first-order valence-electron chi connectivity index (χ1n) is 6.53. The van der Waals surface area contributed by atoms with E-state index in [9.17, 15) is 9.18 Å². The molecule has 1 aromatic carbocycles. The van der Waals surface area contributed by atoms with E-state index < -0.39 is 0 Å². The summed E-state index contributed by atoms with van der Waals surface area (Å²) in [6.07, 6.45) is 4.35. The van der Waals surface area contributed by atoms with E-state index in [1.807, 2.05) is 13.0 Å². The molecule has 1 amide bonds. The van der Waals surface area contributed by atoms with Gasteiger partial charge in [-0.3, -0.25) is 4.79 Å². The van der Waals surface area contributed by atoms with E-state index >= 15 is 0 Å². The van der Waals surface area contributed by atoms with E-state index in [1.165, 1.54) is 25.2 Å². The predicted molar refractivity (Wildman–Crippen MR) is 79.8 cm³/mol. The SMILES string of the molecule is Cc1cc(NC=O)ncn1.Fc1cc(Cl)cc(C2CC2)c1. The Kier molecular flexibility index (Phi) is 5.22. The van der Waals surface area contributed by atoms with Gasteiger partial charge in [0, 0.05) is 16.8 Å². The lowest BCUT2D eigenvalue weighted by Crippen LogP contribution is -1.97. The molecule has 1 aliphatic carbocycles. The Morgan fingerprint density at radius 2 is 2.05 bits per heavy atom. The first-order chi connectivity index (χ1) is 10.1. The number of hydrogen-bond acceptors (Lipinski definition) is 3. The van der Waals surface area contributed by atoms with Crippen molar-refractivity contribution in [1.29, 1.82) is 0 Å². The number of hydrogen-bond donors (Lipinski definition) is 1. The lowest BCUT2D eigenvalue weighted by Gasteiger charge is -1.98. The van der Waals surface area contributed by atoms with Crippen LogP contribution >= 0.6 is 11.6 Å². The molecule has 0 bridgehead atoms. The van der Waals surface area contributed by atoms with Crippen LogP contribution in [0, 0.1) is 12.7 Å². The molecule has 0 saturated heterocycles. The molecule has 0 unspecified atom stereocenters. The summed E-state index contributed by atoms with van der Waals surface area (Å²) in [5, 5.41) is 2.92. The molecule has 0 radical (unpaired) electrons. The summed E-state index contributed by atoms with van der Waals surface area (Å²) >= 11 is 5.68. The predicted octanol–water partition coefficient (Wildman–Crippen LogP) is 3.71.